The zero-order chi connectivity index (χ0) is 28.2. The van der Waals surface area contributed by atoms with Crippen LogP contribution in [0.4, 0.5) is 21.7 Å². The minimum Gasteiger partial charge on any atom is -0.438 e. The first-order valence-electron chi connectivity index (χ1n) is 12.6. The van der Waals surface area contributed by atoms with Crippen LogP contribution in [0.1, 0.15) is 16.8 Å². The molecule has 2 aromatic carbocycles. The van der Waals surface area contributed by atoms with Crippen molar-refractivity contribution >= 4 is 34.8 Å². The van der Waals surface area contributed by atoms with Crippen molar-refractivity contribution in [1.29, 1.82) is 0 Å². The number of rotatable bonds is 8. The molecule has 12 heteroatoms. The summed E-state index contributed by atoms with van der Waals surface area (Å²) in [5.74, 6) is -0.210. The highest BCUT2D eigenvalue weighted by atomic mass is 35.5. The Labute approximate surface area is 236 Å². The SMILES string of the molecule is CNc1ncnc(-c2cccnc2Oc2ccc(F)c(C(=O)Nc3cc(Cl)ccc3N(C)[C@H]3CCN(C)C3)c2)n1. The molecule has 1 fully saturated rings. The molecule has 1 atom stereocenters. The first-order valence-corrected chi connectivity index (χ1v) is 13.0. The van der Waals surface area contributed by atoms with Crippen molar-refractivity contribution in [3.05, 3.63) is 77.5 Å². The summed E-state index contributed by atoms with van der Waals surface area (Å²) in [5, 5.41) is 6.16. The van der Waals surface area contributed by atoms with Gasteiger partial charge in [-0.25, -0.2) is 19.3 Å². The highest BCUT2D eigenvalue weighted by Crippen LogP contribution is 2.33. The number of anilines is 3. The number of nitrogens with one attached hydrogen (secondary N) is 2. The number of carbonyl (C=O) groups excluding carboxylic acids is 1. The second-order valence-electron chi connectivity index (χ2n) is 9.41. The van der Waals surface area contributed by atoms with Gasteiger partial charge in [0.2, 0.25) is 11.8 Å². The molecule has 0 saturated carbocycles. The molecule has 0 radical (unpaired) electrons. The van der Waals surface area contributed by atoms with Crippen molar-refractivity contribution in [2.45, 2.75) is 12.5 Å². The number of ether oxygens (including phenoxy) is 1. The molecule has 3 heterocycles. The van der Waals surface area contributed by atoms with Crippen LogP contribution in [0.2, 0.25) is 5.02 Å². The van der Waals surface area contributed by atoms with Crippen molar-refractivity contribution in [3.63, 3.8) is 0 Å². The van der Waals surface area contributed by atoms with E-state index in [4.69, 9.17) is 16.3 Å². The van der Waals surface area contributed by atoms with Gasteiger partial charge < -0.3 is 25.2 Å². The highest BCUT2D eigenvalue weighted by molar-refractivity contribution is 6.31. The maximum atomic E-state index is 14.9. The van der Waals surface area contributed by atoms with E-state index in [2.05, 4.69) is 47.4 Å². The molecule has 5 rings (SSSR count). The molecule has 206 valence electrons. The molecular formula is C28H28ClFN8O2. The molecule has 4 aromatic rings. The van der Waals surface area contributed by atoms with Crippen molar-refractivity contribution < 1.29 is 13.9 Å². The van der Waals surface area contributed by atoms with Crippen LogP contribution in [0.25, 0.3) is 11.4 Å². The lowest BCUT2D eigenvalue weighted by Gasteiger charge is -2.29. The number of aromatic nitrogens is 4. The summed E-state index contributed by atoms with van der Waals surface area (Å²) in [6.07, 6.45) is 3.92. The van der Waals surface area contributed by atoms with E-state index in [1.807, 2.05) is 13.1 Å². The molecule has 0 unspecified atom stereocenters. The maximum Gasteiger partial charge on any atom is 0.258 e. The van der Waals surface area contributed by atoms with E-state index < -0.39 is 11.7 Å². The number of carbonyl (C=O) groups is 1. The Balaban J connectivity index is 1.40. The highest BCUT2D eigenvalue weighted by Gasteiger charge is 2.26. The molecular weight excluding hydrogens is 535 g/mol. The summed E-state index contributed by atoms with van der Waals surface area (Å²) in [6, 6.07) is 13.0. The van der Waals surface area contributed by atoms with Gasteiger partial charge in [-0.3, -0.25) is 4.79 Å². The standard InChI is InChI=1S/C28H28ClFN8O2/c1-31-28-34-16-33-25(36-28)20-5-4-11-32-27(20)40-19-7-8-22(30)21(14-19)26(39)35-23-13-17(29)6-9-24(23)38(3)18-10-12-37(2)15-18/h4-9,11,13-14,16,18H,10,12,15H2,1-3H3,(H,35,39)(H,31,33,34,36)/t18-/m0/s1. The lowest BCUT2D eigenvalue weighted by Crippen LogP contribution is -2.34. The first kappa shape index (κ1) is 27.2. The number of halogens is 2. The molecule has 0 bridgehead atoms. The average molecular weight is 563 g/mol. The van der Waals surface area contributed by atoms with Gasteiger partial charge in [-0.1, -0.05) is 11.6 Å². The predicted molar refractivity (Wildman–Crippen MR) is 153 cm³/mol. The Morgan fingerprint density at radius 3 is 2.80 bits per heavy atom. The van der Waals surface area contributed by atoms with Crippen molar-refractivity contribution in [2.24, 2.45) is 0 Å². The molecule has 1 aliphatic heterocycles. The fourth-order valence-corrected chi connectivity index (χ4v) is 4.74. The third kappa shape index (κ3) is 5.95. The second kappa shape index (κ2) is 11.8. The summed E-state index contributed by atoms with van der Waals surface area (Å²) in [4.78, 5) is 34.6. The van der Waals surface area contributed by atoms with Crippen LogP contribution in [-0.2, 0) is 0 Å². The van der Waals surface area contributed by atoms with Crippen molar-refractivity contribution in [2.75, 3.05) is 49.8 Å². The summed E-state index contributed by atoms with van der Waals surface area (Å²) in [5.41, 5.74) is 1.59. The van der Waals surface area contributed by atoms with E-state index in [1.54, 1.807) is 37.5 Å². The molecule has 1 saturated heterocycles. The monoisotopic (exact) mass is 562 g/mol. The molecule has 40 heavy (non-hydrogen) atoms. The van der Waals surface area contributed by atoms with Crippen LogP contribution < -0.4 is 20.3 Å². The zero-order valence-electron chi connectivity index (χ0n) is 22.2. The number of amides is 1. The smallest absolute Gasteiger partial charge is 0.258 e. The van der Waals surface area contributed by atoms with Gasteiger partial charge in [-0.05, 0) is 68.5 Å². The van der Waals surface area contributed by atoms with Crippen LogP contribution in [0.15, 0.2) is 61.1 Å². The lowest BCUT2D eigenvalue weighted by atomic mass is 10.1. The van der Waals surface area contributed by atoms with Gasteiger partial charge in [0.1, 0.15) is 17.9 Å². The maximum absolute atomic E-state index is 14.9. The van der Waals surface area contributed by atoms with Crippen molar-refractivity contribution in [1.82, 2.24) is 24.8 Å². The first-order chi connectivity index (χ1) is 19.3. The molecule has 10 nitrogen and oxygen atoms in total. The summed E-state index contributed by atoms with van der Waals surface area (Å²) in [6.45, 7) is 1.89. The van der Waals surface area contributed by atoms with Gasteiger partial charge in [0, 0.05) is 37.9 Å². The number of hydrogen-bond acceptors (Lipinski definition) is 9. The van der Waals surface area contributed by atoms with Crippen LogP contribution in [0.3, 0.4) is 0 Å². The number of pyridine rings is 1. The minimum atomic E-state index is -0.698. The quantitative estimate of drug-likeness (QED) is 0.308. The molecule has 2 N–H and O–H groups in total. The van der Waals surface area contributed by atoms with Gasteiger partial charge in [0.05, 0.1) is 22.5 Å². The Morgan fingerprint density at radius 2 is 2.02 bits per heavy atom. The third-order valence-corrected chi connectivity index (χ3v) is 6.94. The van der Waals surface area contributed by atoms with Gasteiger partial charge in [-0.2, -0.15) is 4.98 Å². The van der Waals surface area contributed by atoms with E-state index in [0.29, 0.717) is 28.0 Å². The summed E-state index contributed by atoms with van der Waals surface area (Å²) in [7, 11) is 5.75. The number of likely N-dealkylation sites (N-methyl/N-ethyl adjacent to an activating group) is 2. The van der Waals surface area contributed by atoms with Crippen LogP contribution >= 0.6 is 11.6 Å². The van der Waals surface area contributed by atoms with Gasteiger partial charge >= 0.3 is 0 Å². The Kier molecular flexibility index (Phi) is 8.04. The summed E-state index contributed by atoms with van der Waals surface area (Å²) < 4.78 is 20.9. The molecule has 1 amide bonds. The fraction of sp³-hybridized carbons (Fsp3) is 0.250. The number of nitrogens with zero attached hydrogens (tertiary/aromatic N) is 6. The molecule has 0 spiro atoms. The van der Waals surface area contributed by atoms with Crippen LogP contribution in [-0.4, -0.2) is 71.0 Å². The Hall–Kier alpha value is -4.35. The minimum absolute atomic E-state index is 0.189. The van der Waals surface area contributed by atoms with E-state index in [0.717, 1.165) is 25.2 Å². The number of likely N-dealkylation sites (tertiary alicyclic amines) is 1. The zero-order valence-corrected chi connectivity index (χ0v) is 23.0. The average Bonchev–Trinajstić information content (AvgIpc) is 3.40. The summed E-state index contributed by atoms with van der Waals surface area (Å²) >= 11 is 6.27. The van der Waals surface area contributed by atoms with Crippen LogP contribution in [0.5, 0.6) is 11.6 Å². The number of benzene rings is 2. The second-order valence-corrected chi connectivity index (χ2v) is 9.85. The topological polar surface area (TPSA) is 108 Å². The fourth-order valence-electron chi connectivity index (χ4n) is 4.57. The third-order valence-electron chi connectivity index (χ3n) is 6.71. The van der Waals surface area contributed by atoms with E-state index in [-0.39, 0.29) is 23.2 Å². The van der Waals surface area contributed by atoms with Gasteiger partial charge in [-0.15, -0.1) is 0 Å². The Morgan fingerprint density at radius 1 is 1.18 bits per heavy atom. The largest absolute Gasteiger partial charge is 0.438 e. The lowest BCUT2D eigenvalue weighted by molar-refractivity contribution is 0.102. The predicted octanol–water partition coefficient (Wildman–Crippen LogP) is 4.95. The van der Waals surface area contributed by atoms with Gasteiger partial charge in [0.15, 0.2) is 5.82 Å². The van der Waals surface area contributed by atoms with Crippen molar-refractivity contribution in [3.8, 4) is 23.0 Å². The number of hydrogen-bond donors (Lipinski definition) is 2. The Bertz CT molecular complexity index is 1540. The molecule has 1 aliphatic rings. The molecule has 0 aliphatic carbocycles. The van der Waals surface area contributed by atoms with E-state index in [1.165, 1.54) is 24.5 Å². The molecule has 2 aromatic heterocycles. The van der Waals surface area contributed by atoms with E-state index >= 15 is 0 Å². The normalized spacial score (nSPS) is 15.1. The van der Waals surface area contributed by atoms with Gasteiger partial charge in [0.25, 0.3) is 5.91 Å². The van der Waals surface area contributed by atoms with E-state index in [9.17, 15) is 9.18 Å². The van der Waals surface area contributed by atoms with Crippen LogP contribution in [0, 0.1) is 5.82 Å².